The Balaban J connectivity index is 2.46. The molecule has 82 valence electrons. The minimum absolute atomic E-state index is 0.226. The van der Waals surface area contributed by atoms with Gasteiger partial charge in [-0.1, -0.05) is 0 Å². The summed E-state index contributed by atoms with van der Waals surface area (Å²) in [4.78, 5) is 12.0. The lowest BCUT2D eigenvalue weighted by Crippen LogP contribution is -2.03. The summed E-state index contributed by atoms with van der Waals surface area (Å²) in [5.74, 6) is -0.398. The maximum absolute atomic E-state index is 12.9. The SMILES string of the molecule is O=C(c1ccc(F)cc1I)c1occc1Br. The van der Waals surface area contributed by atoms with Crippen LogP contribution in [-0.4, -0.2) is 5.78 Å². The molecule has 0 saturated heterocycles. The molecule has 0 saturated carbocycles. The highest BCUT2D eigenvalue weighted by atomic mass is 127. The van der Waals surface area contributed by atoms with Crippen molar-refractivity contribution >= 4 is 44.3 Å². The van der Waals surface area contributed by atoms with E-state index in [1.54, 1.807) is 6.07 Å². The van der Waals surface area contributed by atoms with Crippen molar-refractivity contribution in [2.24, 2.45) is 0 Å². The van der Waals surface area contributed by atoms with Crippen molar-refractivity contribution in [3.05, 3.63) is 55.7 Å². The van der Waals surface area contributed by atoms with Gasteiger partial charge in [0.15, 0.2) is 5.76 Å². The summed E-state index contributed by atoms with van der Waals surface area (Å²) in [6, 6.07) is 5.66. The normalized spacial score (nSPS) is 10.4. The Labute approximate surface area is 113 Å². The molecular formula is C11H5BrFIO2. The average Bonchev–Trinajstić information content (AvgIpc) is 2.63. The van der Waals surface area contributed by atoms with Crippen molar-refractivity contribution in [1.82, 2.24) is 0 Å². The average molecular weight is 395 g/mol. The van der Waals surface area contributed by atoms with E-state index in [1.165, 1.54) is 24.5 Å². The van der Waals surface area contributed by atoms with E-state index in [-0.39, 0.29) is 17.4 Å². The molecule has 2 nitrogen and oxygen atoms in total. The Kier molecular flexibility index (Phi) is 3.44. The molecule has 0 aliphatic heterocycles. The monoisotopic (exact) mass is 394 g/mol. The fraction of sp³-hybridized carbons (Fsp3) is 0. The first-order valence-corrected chi connectivity index (χ1v) is 6.19. The molecule has 0 amide bonds. The standard InChI is InChI=1S/C11H5BrFIO2/c12-8-3-4-16-11(8)10(15)7-2-1-6(13)5-9(7)14/h1-5H. The third-order valence-electron chi connectivity index (χ3n) is 2.00. The van der Waals surface area contributed by atoms with Crippen molar-refractivity contribution in [3.63, 3.8) is 0 Å². The van der Waals surface area contributed by atoms with Crippen LogP contribution in [0.3, 0.4) is 0 Å². The molecule has 0 radical (unpaired) electrons. The van der Waals surface area contributed by atoms with Gasteiger partial charge in [0.05, 0.1) is 10.7 Å². The van der Waals surface area contributed by atoms with E-state index in [4.69, 9.17) is 4.42 Å². The number of halogens is 3. The maximum atomic E-state index is 12.9. The number of ketones is 1. The van der Waals surface area contributed by atoms with Gasteiger partial charge in [-0.3, -0.25) is 4.79 Å². The Hall–Kier alpha value is -0.690. The molecule has 0 aliphatic rings. The Morgan fingerprint density at radius 3 is 2.69 bits per heavy atom. The molecule has 0 fully saturated rings. The first-order chi connectivity index (χ1) is 7.59. The van der Waals surface area contributed by atoms with Crippen LogP contribution in [0.25, 0.3) is 0 Å². The maximum Gasteiger partial charge on any atom is 0.230 e. The molecule has 5 heteroatoms. The summed E-state index contributed by atoms with van der Waals surface area (Å²) in [5, 5.41) is 0. The summed E-state index contributed by atoms with van der Waals surface area (Å²) in [5.41, 5.74) is 0.428. The Morgan fingerprint density at radius 1 is 1.38 bits per heavy atom. The number of benzene rings is 1. The van der Waals surface area contributed by atoms with Gasteiger partial charge in [0, 0.05) is 9.13 Å². The molecule has 0 spiro atoms. The van der Waals surface area contributed by atoms with E-state index >= 15 is 0 Å². The van der Waals surface area contributed by atoms with Crippen LogP contribution in [0, 0.1) is 9.39 Å². The van der Waals surface area contributed by atoms with Gasteiger partial charge in [-0.05, 0) is 62.8 Å². The van der Waals surface area contributed by atoms with Gasteiger partial charge in [0.25, 0.3) is 0 Å². The zero-order valence-electron chi connectivity index (χ0n) is 7.84. The minimum Gasteiger partial charge on any atom is -0.460 e. The van der Waals surface area contributed by atoms with E-state index in [0.29, 0.717) is 13.6 Å². The van der Waals surface area contributed by atoms with Gasteiger partial charge in [-0.25, -0.2) is 4.39 Å². The fourth-order valence-electron chi connectivity index (χ4n) is 1.25. The molecular weight excluding hydrogens is 390 g/mol. The zero-order chi connectivity index (χ0) is 11.7. The van der Waals surface area contributed by atoms with E-state index in [1.807, 2.05) is 22.6 Å². The quantitative estimate of drug-likeness (QED) is 0.569. The zero-order valence-corrected chi connectivity index (χ0v) is 11.6. The second-order valence-corrected chi connectivity index (χ2v) is 5.07. The third-order valence-corrected chi connectivity index (χ3v) is 3.52. The summed E-state index contributed by atoms with van der Waals surface area (Å²) in [7, 11) is 0. The number of carbonyl (C=O) groups is 1. The van der Waals surface area contributed by atoms with Crippen LogP contribution in [-0.2, 0) is 0 Å². The molecule has 0 bridgehead atoms. The highest BCUT2D eigenvalue weighted by Crippen LogP contribution is 2.23. The third kappa shape index (κ3) is 2.20. The smallest absolute Gasteiger partial charge is 0.230 e. The fourth-order valence-corrected chi connectivity index (χ4v) is 2.36. The first kappa shape index (κ1) is 11.8. The summed E-state index contributed by atoms with van der Waals surface area (Å²) in [6.07, 6.45) is 1.42. The summed E-state index contributed by atoms with van der Waals surface area (Å²) < 4.78 is 19.1. The van der Waals surface area contributed by atoms with Crippen molar-refractivity contribution < 1.29 is 13.6 Å². The van der Waals surface area contributed by atoms with Gasteiger partial charge >= 0.3 is 0 Å². The first-order valence-electron chi connectivity index (χ1n) is 4.32. The van der Waals surface area contributed by atoms with Crippen LogP contribution in [0.15, 0.2) is 39.4 Å². The summed E-state index contributed by atoms with van der Waals surface area (Å²) >= 11 is 5.13. The van der Waals surface area contributed by atoms with Crippen molar-refractivity contribution in [2.45, 2.75) is 0 Å². The molecule has 2 aromatic rings. The number of furan rings is 1. The minimum atomic E-state index is -0.362. The van der Waals surface area contributed by atoms with E-state index in [9.17, 15) is 9.18 Å². The molecule has 0 atom stereocenters. The summed E-state index contributed by atoms with van der Waals surface area (Å²) in [6.45, 7) is 0. The molecule has 0 N–H and O–H groups in total. The van der Waals surface area contributed by atoms with Gasteiger partial charge in [0.2, 0.25) is 5.78 Å². The molecule has 1 aromatic carbocycles. The van der Waals surface area contributed by atoms with Gasteiger partial charge in [-0.2, -0.15) is 0 Å². The number of rotatable bonds is 2. The van der Waals surface area contributed by atoms with Gasteiger partial charge in [0.1, 0.15) is 5.82 Å². The van der Waals surface area contributed by atoms with Crippen LogP contribution >= 0.6 is 38.5 Å². The second kappa shape index (κ2) is 4.67. The van der Waals surface area contributed by atoms with Crippen LogP contribution in [0.2, 0.25) is 0 Å². The molecule has 2 rings (SSSR count). The van der Waals surface area contributed by atoms with E-state index in [0.717, 1.165) is 0 Å². The number of carbonyl (C=O) groups excluding carboxylic acids is 1. The van der Waals surface area contributed by atoms with Crippen molar-refractivity contribution in [1.29, 1.82) is 0 Å². The van der Waals surface area contributed by atoms with Crippen LogP contribution in [0.5, 0.6) is 0 Å². The number of hydrogen-bond donors (Lipinski definition) is 0. The molecule has 16 heavy (non-hydrogen) atoms. The lowest BCUT2D eigenvalue weighted by Gasteiger charge is -2.01. The predicted molar refractivity (Wildman–Crippen MR) is 69.0 cm³/mol. The topological polar surface area (TPSA) is 30.2 Å². The number of hydrogen-bond acceptors (Lipinski definition) is 2. The molecule has 0 unspecified atom stereocenters. The van der Waals surface area contributed by atoms with Gasteiger partial charge in [-0.15, -0.1) is 0 Å². The van der Waals surface area contributed by atoms with E-state index in [2.05, 4.69) is 15.9 Å². The largest absolute Gasteiger partial charge is 0.460 e. The lowest BCUT2D eigenvalue weighted by molar-refractivity contribution is 0.101. The highest BCUT2D eigenvalue weighted by Gasteiger charge is 2.18. The Morgan fingerprint density at radius 2 is 2.12 bits per heavy atom. The molecule has 1 heterocycles. The van der Waals surface area contributed by atoms with E-state index < -0.39 is 0 Å². The highest BCUT2D eigenvalue weighted by molar-refractivity contribution is 14.1. The lowest BCUT2D eigenvalue weighted by atomic mass is 10.1. The second-order valence-electron chi connectivity index (χ2n) is 3.05. The van der Waals surface area contributed by atoms with Gasteiger partial charge < -0.3 is 4.42 Å². The van der Waals surface area contributed by atoms with Crippen LogP contribution < -0.4 is 0 Å². The molecule has 1 aromatic heterocycles. The predicted octanol–water partition coefficient (Wildman–Crippen LogP) is 4.02. The van der Waals surface area contributed by atoms with Crippen molar-refractivity contribution in [3.8, 4) is 0 Å². The van der Waals surface area contributed by atoms with Crippen molar-refractivity contribution in [2.75, 3.05) is 0 Å². The van der Waals surface area contributed by atoms with Crippen LogP contribution in [0.4, 0.5) is 4.39 Å². The molecule has 0 aliphatic carbocycles. The van der Waals surface area contributed by atoms with Crippen LogP contribution in [0.1, 0.15) is 16.1 Å². The Bertz CT molecular complexity index is 551.